The first-order chi connectivity index (χ1) is 4.88. The molecule has 52 valence electrons. The normalized spacial score (nSPS) is 27.9. The fourth-order valence-corrected chi connectivity index (χ4v) is 1.28. The first-order valence-corrected chi connectivity index (χ1v) is 3.44. The molecule has 10 heavy (non-hydrogen) atoms. The molecular weight excluding hydrogens is 124 g/mol. The monoisotopic (exact) mass is 134 g/mol. The molecule has 2 heterocycles. The molecule has 2 nitrogen and oxygen atoms in total. The summed E-state index contributed by atoms with van der Waals surface area (Å²) in [6, 6.07) is 0. The zero-order valence-corrected chi connectivity index (χ0v) is 5.89. The summed E-state index contributed by atoms with van der Waals surface area (Å²) < 4.78 is 0. The maximum absolute atomic E-state index is 3.22. The van der Waals surface area contributed by atoms with Crippen LogP contribution < -0.4 is 10.6 Å². The molecule has 0 aromatic heterocycles. The van der Waals surface area contributed by atoms with Crippen LogP contribution in [0.4, 0.5) is 0 Å². The highest BCUT2D eigenvalue weighted by atomic mass is 15.1. The minimum Gasteiger partial charge on any atom is -0.368 e. The molecule has 0 fully saturated rings. The molecule has 2 aliphatic heterocycles. The van der Waals surface area contributed by atoms with Gasteiger partial charge in [-0.05, 0) is 30.3 Å². The van der Waals surface area contributed by atoms with Gasteiger partial charge in [0.05, 0.1) is 0 Å². The number of allylic oxidation sites excluding steroid dienone is 2. The molecule has 0 amide bonds. The lowest BCUT2D eigenvalue weighted by atomic mass is 10.1. The Hall–Kier alpha value is -1.18. The van der Waals surface area contributed by atoms with Gasteiger partial charge in [0.15, 0.2) is 0 Å². The van der Waals surface area contributed by atoms with Crippen LogP contribution in [0.3, 0.4) is 0 Å². The van der Waals surface area contributed by atoms with E-state index in [1.165, 1.54) is 11.1 Å². The van der Waals surface area contributed by atoms with E-state index in [2.05, 4.69) is 23.6 Å². The van der Waals surface area contributed by atoms with Gasteiger partial charge >= 0.3 is 0 Å². The van der Waals surface area contributed by atoms with Crippen LogP contribution in [-0.4, -0.2) is 6.17 Å². The number of nitrogens with one attached hydrogen (secondary N) is 2. The zero-order valence-electron chi connectivity index (χ0n) is 5.89. The largest absolute Gasteiger partial charge is 0.368 e. The number of rotatable bonds is 0. The van der Waals surface area contributed by atoms with E-state index >= 15 is 0 Å². The molecule has 0 spiro atoms. The standard InChI is InChI=1S/C8H10N2/c1-6-5-10-8-7(6)3-2-4-9-8/h2-5,8-10H,1H3. The highest BCUT2D eigenvalue weighted by molar-refractivity contribution is 5.42. The van der Waals surface area contributed by atoms with Crippen molar-refractivity contribution in [3.05, 3.63) is 35.7 Å². The van der Waals surface area contributed by atoms with E-state index in [-0.39, 0.29) is 0 Å². The van der Waals surface area contributed by atoms with Crippen molar-refractivity contribution in [2.75, 3.05) is 0 Å². The number of hydrogen-bond donors (Lipinski definition) is 2. The van der Waals surface area contributed by atoms with Gasteiger partial charge in [0.1, 0.15) is 6.17 Å². The Kier molecular flexibility index (Phi) is 1.07. The van der Waals surface area contributed by atoms with Crippen molar-refractivity contribution in [2.45, 2.75) is 13.1 Å². The minimum absolute atomic E-state index is 0.324. The predicted molar refractivity (Wildman–Crippen MR) is 41.0 cm³/mol. The molecule has 0 saturated carbocycles. The number of dihydropyridines is 1. The first kappa shape index (κ1) is 5.59. The minimum atomic E-state index is 0.324. The Morgan fingerprint density at radius 2 is 2.30 bits per heavy atom. The molecule has 2 heteroatoms. The second-order valence-electron chi connectivity index (χ2n) is 2.57. The van der Waals surface area contributed by atoms with Crippen LogP contribution in [0, 0.1) is 0 Å². The van der Waals surface area contributed by atoms with Crippen LogP contribution in [0.2, 0.25) is 0 Å². The lowest BCUT2D eigenvalue weighted by molar-refractivity contribution is 0.632. The van der Waals surface area contributed by atoms with Crippen molar-refractivity contribution in [2.24, 2.45) is 0 Å². The topological polar surface area (TPSA) is 24.1 Å². The molecule has 0 radical (unpaired) electrons. The molecule has 0 saturated heterocycles. The first-order valence-electron chi connectivity index (χ1n) is 3.44. The summed E-state index contributed by atoms with van der Waals surface area (Å²) in [7, 11) is 0. The van der Waals surface area contributed by atoms with Crippen LogP contribution in [-0.2, 0) is 0 Å². The quantitative estimate of drug-likeness (QED) is 0.513. The van der Waals surface area contributed by atoms with Crippen molar-refractivity contribution in [3.8, 4) is 0 Å². The SMILES string of the molecule is CC1=CNC2NC=CC=C12. The molecule has 1 unspecified atom stereocenters. The number of fused-ring (bicyclic) bond motifs is 1. The smallest absolute Gasteiger partial charge is 0.122 e. The van der Waals surface area contributed by atoms with E-state index in [0.717, 1.165) is 0 Å². The second kappa shape index (κ2) is 1.90. The van der Waals surface area contributed by atoms with Crippen molar-refractivity contribution >= 4 is 0 Å². The molecule has 2 rings (SSSR count). The third-order valence-corrected chi connectivity index (χ3v) is 1.87. The van der Waals surface area contributed by atoms with Crippen molar-refractivity contribution in [1.29, 1.82) is 0 Å². The van der Waals surface area contributed by atoms with E-state index in [1.807, 2.05) is 18.5 Å². The van der Waals surface area contributed by atoms with Crippen molar-refractivity contribution < 1.29 is 0 Å². The summed E-state index contributed by atoms with van der Waals surface area (Å²) in [5, 5.41) is 6.42. The van der Waals surface area contributed by atoms with Gasteiger partial charge in [0.2, 0.25) is 0 Å². The van der Waals surface area contributed by atoms with Gasteiger partial charge in [0.25, 0.3) is 0 Å². The van der Waals surface area contributed by atoms with Crippen LogP contribution in [0.5, 0.6) is 0 Å². The Labute approximate surface area is 60.3 Å². The summed E-state index contributed by atoms with van der Waals surface area (Å²) in [6.45, 7) is 2.11. The highest BCUT2D eigenvalue weighted by Gasteiger charge is 2.19. The number of hydrogen-bond acceptors (Lipinski definition) is 2. The van der Waals surface area contributed by atoms with E-state index in [4.69, 9.17) is 0 Å². The van der Waals surface area contributed by atoms with Gasteiger partial charge in [-0.2, -0.15) is 0 Å². The third-order valence-electron chi connectivity index (χ3n) is 1.87. The van der Waals surface area contributed by atoms with Crippen LogP contribution in [0.25, 0.3) is 0 Å². The van der Waals surface area contributed by atoms with E-state index in [9.17, 15) is 0 Å². The molecule has 0 aromatic rings. The van der Waals surface area contributed by atoms with Gasteiger partial charge in [-0.3, -0.25) is 0 Å². The fraction of sp³-hybridized carbons (Fsp3) is 0.250. The molecule has 1 atom stereocenters. The van der Waals surface area contributed by atoms with Gasteiger partial charge in [-0.1, -0.05) is 6.08 Å². The molecule has 2 N–H and O–H groups in total. The molecule has 0 bridgehead atoms. The molecule has 0 aromatic carbocycles. The molecular formula is C8H10N2. The Balaban J connectivity index is 2.34. The van der Waals surface area contributed by atoms with Gasteiger partial charge < -0.3 is 10.6 Å². The fourth-order valence-electron chi connectivity index (χ4n) is 1.28. The zero-order chi connectivity index (χ0) is 6.97. The summed E-state index contributed by atoms with van der Waals surface area (Å²) in [4.78, 5) is 0. The lowest BCUT2D eigenvalue weighted by Crippen LogP contribution is -2.35. The van der Waals surface area contributed by atoms with Crippen molar-refractivity contribution in [3.63, 3.8) is 0 Å². The van der Waals surface area contributed by atoms with Crippen LogP contribution >= 0.6 is 0 Å². The third kappa shape index (κ3) is 0.652. The maximum Gasteiger partial charge on any atom is 0.122 e. The lowest BCUT2D eigenvalue weighted by Gasteiger charge is -2.16. The van der Waals surface area contributed by atoms with Crippen LogP contribution in [0.15, 0.2) is 35.7 Å². The second-order valence-corrected chi connectivity index (χ2v) is 2.57. The van der Waals surface area contributed by atoms with E-state index in [0.29, 0.717) is 6.17 Å². The Morgan fingerprint density at radius 1 is 1.40 bits per heavy atom. The molecule has 0 aliphatic carbocycles. The summed E-state index contributed by atoms with van der Waals surface area (Å²) in [5.41, 5.74) is 2.67. The van der Waals surface area contributed by atoms with Crippen molar-refractivity contribution in [1.82, 2.24) is 10.6 Å². The predicted octanol–water partition coefficient (Wildman–Crippen LogP) is 0.863. The molecule has 2 aliphatic rings. The van der Waals surface area contributed by atoms with Gasteiger partial charge in [-0.25, -0.2) is 0 Å². The maximum atomic E-state index is 3.22. The highest BCUT2D eigenvalue weighted by Crippen LogP contribution is 2.19. The summed E-state index contributed by atoms with van der Waals surface area (Å²) >= 11 is 0. The summed E-state index contributed by atoms with van der Waals surface area (Å²) in [6.07, 6.45) is 8.47. The Morgan fingerprint density at radius 3 is 3.10 bits per heavy atom. The average Bonchev–Trinajstić information content (AvgIpc) is 2.34. The summed E-state index contributed by atoms with van der Waals surface area (Å²) in [5.74, 6) is 0. The van der Waals surface area contributed by atoms with Gasteiger partial charge in [-0.15, -0.1) is 0 Å². The Bertz CT molecular complexity index is 236. The van der Waals surface area contributed by atoms with E-state index in [1.54, 1.807) is 0 Å². The van der Waals surface area contributed by atoms with Gasteiger partial charge in [0, 0.05) is 6.20 Å². The van der Waals surface area contributed by atoms with E-state index < -0.39 is 0 Å². The average molecular weight is 134 g/mol. The van der Waals surface area contributed by atoms with Crippen LogP contribution in [0.1, 0.15) is 6.92 Å².